The van der Waals surface area contributed by atoms with Crippen LogP contribution >= 0.6 is 0 Å². The first-order chi connectivity index (χ1) is 11.2. The van der Waals surface area contributed by atoms with Gasteiger partial charge in [0.2, 0.25) is 0 Å². The fourth-order valence-electron chi connectivity index (χ4n) is 2.85. The molecule has 23 heavy (non-hydrogen) atoms. The maximum Gasteiger partial charge on any atom is 0.156 e. The highest BCUT2D eigenvalue weighted by Crippen LogP contribution is 2.23. The van der Waals surface area contributed by atoms with E-state index in [0.29, 0.717) is 12.4 Å². The zero-order valence-electron chi connectivity index (χ0n) is 13.6. The summed E-state index contributed by atoms with van der Waals surface area (Å²) in [5.74, 6) is 1.98. The largest absolute Gasteiger partial charge is 0.508 e. The maximum absolute atomic E-state index is 9.62. The second-order valence-corrected chi connectivity index (χ2v) is 5.71. The highest BCUT2D eigenvalue weighted by Gasteiger charge is 2.19. The van der Waals surface area contributed by atoms with E-state index in [0.717, 1.165) is 49.2 Å². The van der Waals surface area contributed by atoms with Crippen molar-refractivity contribution in [3.8, 4) is 5.75 Å². The fourth-order valence-corrected chi connectivity index (χ4v) is 2.85. The smallest absolute Gasteiger partial charge is 0.156 e. The Morgan fingerprint density at radius 2 is 1.83 bits per heavy atom. The van der Waals surface area contributed by atoms with E-state index in [9.17, 15) is 5.11 Å². The Hall–Kier alpha value is -2.34. The average Bonchev–Trinajstić information content (AvgIpc) is 2.55. The van der Waals surface area contributed by atoms with Crippen molar-refractivity contribution in [2.45, 2.75) is 13.5 Å². The molecule has 3 rings (SSSR count). The molecule has 122 valence electrons. The number of aromatic hydroxyl groups is 1. The van der Waals surface area contributed by atoms with Crippen molar-refractivity contribution < 1.29 is 9.84 Å². The first kappa shape index (κ1) is 15.6. The van der Waals surface area contributed by atoms with Gasteiger partial charge in [-0.1, -0.05) is 6.07 Å². The molecule has 0 bridgehead atoms. The summed E-state index contributed by atoms with van der Waals surface area (Å²) in [5, 5.41) is 9.62. The van der Waals surface area contributed by atoms with Gasteiger partial charge in [-0.2, -0.15) is 0 Å². The lowest BCUT2D eigenvalue weighted by Gasteiger charge is -2.36. The SMILES string of the molecule is COCc1nc(C)cc(N2CCN(c3cccc(O)c3)CC2)n1. The van der Waals surface area contributed by atoms with Gasteiger partial charge in [-0.05, 0) is 19.1 Å². The number of rotatable bonds is 4. The minimum absolute atomic E-state index is 0.306. The average molecular weight is 314 g/mol. The van der Waals surface area contributed by atoms with Crippen molar-refractivity contribution in [1.29, 1.82) is 0 Å². The van der Waals surface area contributed by atoms with Gasteiger partial charge in [-0.3, -0.25) is 0 Å². The lowest BCUT2D eigenvalue weighted by atomic mass is 10.2. The summed E-state index contributed by atoms with van der Waals surface area (Å²) in [7, 11) is 1.65. The number of ether oxygens (including phenoxy) is 1. The minimum atomic E-state index is 0.306. The van der Waals surface area contributed by atoms with Crippen molar-refractivity contribution >= 4 is 11.5 Å². The fraction of sp³-hybridized carbons (Fsp3) is 0.412. The van der Waals surface area contributed by atoms with Crippen LogP contribution in [0.15, 0.2) is 30.3 Å². The molecule has 1 N–H and O–H groups in total. The molecule has 1 fully saturated rings. The van der Waals surface area contributed by atoms with Crippen molar-refractivity contribution in [2.24, 2.45) is 0 Å². The number of hydrogen-bond donors (Lipinski definition) is 1. The number of piperazine rings is 1. The number of aryl methyl sites for hydroxylation is 1. The van der Waals surface area contributed by atoms with Gasteiger partial charge in [0.05, 0.1) is 0 Å². The molecule has 1 saturated heterocycles. The summed E-state index contributed by atoms with van der Waals surface area (Å²) in [4.78, 5) is 13.5. The Bertz CT molecular complexity index is 669. The van der Waals surface area contributed by atoms with Crippen molar-refractivity contribution in [3.63, 3.8) is 0 Å². The zero-order valence-corrected chi connectivity index (χ0v) is 13.6. The minimum Gasteiger partial charge on any atom is -0.508 e. The number of methoxy groups -OCH3 is 1. The van der Waals surface area contributed by atoms with Crippen LogP contribution in [-0.4, -0.2) is 48.4 Å². The Morgan fingerprint density at radius 1 is 1.09 bits per heavy atom. The number of phenolic OH excluding ortho intramolecular Hbond substituents is 1. The summed E-state index contributed by atoms with van der Waals surface area (Å²) in [5.41, 5.74) is 2.01. The van der Waals surface area contributed by atoms with Crippen LogP contribution in [0.3, 0.4) is 0 Å². The van der Waals surface area contributed by atoms with Gasteiger partial charge in [0.15, 0.2) is 5.82 Å². The topological polar surface area (TPSA) is 61.7 Å². The molecule has 0 amide bonds. The molecule has 0 atom stereocenters. The first-order valence-electron chi connectivity index (χ1n) is 7.78. The molecule has 2 aromatic rings. The second-order valence-electron chi connectivity index (χ2n) is 5.71. The van der Waals surface area contributed by atoms with Crippen LogP contribution in [0, 0.1) is 6.92 Å². The quantitative estimate of drug-likeness (QED) is 0.931. The third-order valence-electron chi connectivity index (χ3n) is 3.96. The zero-order chi connectivity index (χ0) is 16.2. The molecular formula is C17H22N4O2. The Kier molecular flexibility index (Phi) is 4.62. The summed E-state index contributed by atoms with van der Waals surface area (Å²) < 4.78 is 5.14. The Labute approximate surface area is 136 Å². The van der Waals surface area contributed by atoms with Crippen LogP contribution < -0.4 is 9.80 Å². The highest BCUT2D eigenvalue weighted by molar-refractivity contribution is 5.52. The molecule has 1 aromatic heterocycles. The van der Waals surface area contributed by atoms with Gasteiger partial charge in [0.1, 0.15) is 18.2 Å². The number of nitrogens with zero attached hydrogens (tertiary/aromatic N) is 4. The van der Waals surface area contributed by atoms with Crippen LogP contribution in [-0.2, 0) is 11.3 Å². The second kappa shape index (κ2) is 6.83. The molecule has 0 spiro atoms. The molecule has 6 heteroatoms. The number of anilines is 2. The maximum atomic E-state index is 9.62. The number of hydrogen-bond acceptors (Lipinski definition) is 6. The van der Waals surface area contributed by atoms with Crippen molar-refractivity contribution in [1.82, 2.24) is 9.97 Å². The van der Waals surface area contributed by atoms with Crippen LogP contribution in [0.1, 0.15) is 11.5 Å². The van der Waals surface area contributed by atoms with Gasteiger partial charge in [-0.15, -0.1) is 0 Å². The molecule has 1 aliphatic rings. The molecule has 0 saturated carbocycles. The Balaban J connectivity index is 1.69. The van der Waals surface area contributed by atoms with Gasteiger partial charge in [-0.25, -0.2) is 9.97 Å². The van der Waals surface area contributed by atoms with Crippen LogP contribution in [0.2, 0.25) is 0 Å². The predicted molar refractivity (Wildman–Crippen MR) is 90.0 cm³/mol. The van der Waals surface area contributed by atoms with Crippen LogP contribution in [0.4, 0.5) is 11.5 Å². The van der Waals surface area contributed by atoms with E-state index < -0.39 is 0 Å². The number of benzene rings is 1. The molecule has 1 aliphatic heterocycles. The van der Waals surface area contributed by atoms with Gasteiger partial charge in [0, 0.05) is 56.8 Å². The third-order valence-corrected chi connectivity index (χ3v) is 3.96. The van der Waals surface area contributed by atoms with E-state index in [1.807, 2.05) is 25.1 Å². The van der Waals surface area contributed by atoms with Gasteiger partial charge >= 0.3 is 0 Å². The molecule has 0 radical (unpaired) electrons. The number of aromatic nitrogens is 2. The lowest BCUT2D eigenvalue weighted by molar-refractivity contribution is 0.177. The van der Waals surface area contributed by atoms with Gasteiger partial charge < -0.3 is 19.6 Å². The van der Waals surface area contributed by atoms with Crippen molar-refractivity contribution in [3.05, 3.63) is 41.9 Å². The molecule has 0 unspecified atom stereocenters. The molecule has 0 aliphatic carbocycles. The van der Waals surface area contributed by atoms with E-state index in [2.05, 4.69) is 19.8 Å². The lowest BCUT2D eigenvalue weighted by Crippen LogP contribution is -2.47. The molecule has 6 nitrogen and oxygen atoms in total. The van der Waals surface area contributed by atoms with E-state index in [1.165, 1.54) is 0 Å². The van der Waals surface area contributed by atoms with E-state index in [4.69, 9.17) is 4.74 Å². The Morgan fingerprint density at radius 3 is 2.52 bits per heavy atom. The predicted octanol–water partition coefficient (Wildman–Crippen LogP) is 1.96. The highest BCUT2D eigenvalue weighted by atomic mass is 16.5. The van der Waals surface area contributed by atoms with Gasteiger partial charge in [0.25, 0.3) is 0 Å². The molecule has 1 aromatic carbocycles. The summed E-state index contributed by atoms with van der Waals surface area (Å²) in [6.45, 7) is 5.97. The summed E-state index contributed by atoms with van der Waals surface area (Å²) >= 11 is 0. The number of phenols is 1. The monoisotopic (exact) mass is 314 g/mol. The van der Waals surface area contributed by atoms with Crippen LogP contribution in [0.5, 0.6) is 5.75 Å². The van der Waals surface area contributed by atoms with E-state index in [-0.39, 0.29) is 0 Å². The normalized spacial score (nSPS) is 15.0. The van der Waals surface area contributed by atoms with E-state index in [1.54, 1.807) is 19.2 Å². The molecular weight excluding hydrogens is 292 g/mol. The summed E-state index contributed by atoms with van der Waals surface area (Å²) in [6.07, 6.45) is 0. The third kappa shape index (κ3) is 3.71. The molecule has 2 heterocycles. The standard InChI is InChI=1S/C17H22N4O2/c1-13-10-17(19-16(18-13)12-23-2)21-8-6-20(7-9-21)14-4-3-5-15(22)11-14/h3-5,10-11,22H,6-9,12H2,1-2H3. The van der Waals surface area contributed by atoms with Crippen molar-refractivity contribution in [2.75, 3.05) is 43.1 Å². The first-order valence-corrected chi connectivity index (χ1v) is 7.78. The summed E-state index contributed by atoms with van der Waals surface area (Å²) in [6, 6.07) is 9.42. The van der Waals surface area contributed by atoms with Crippen LogP contribution in [0.25, 0.3) is 0 Å². The van der Waals surface area contributed by atoms with E-state index >= 15 is 0 Å².